The van der Waals surface area contributed by atoms with Crippen molar-refractivity contribution in [3.05, 3.63) is 35.1 Å². The molecule has 26 heavy (non-hydrogen) atoms. The fourth-order valence-corrected chi connectivity index (χ4v) is 3.20. The highest BCUT2D eigenvalue weighted by molar-refractivity contribution is 7.89. The summed E-state index contributed by atoms with van der Waals surface area (Å²) in [4.78, 5) is 4.45. The van der Waals surface area contributed by atoms with Crippen molar-refractivity contribution in [1.82, 2.24) is 10.6 Å². The number of hydrogen-bond donors (Lipinski definition) is 2. The van der Waals surface area contributed by atoms with Gasteiger partial charge < -0.3 is 15.4 Å². The number of unbranched alkanes of at least 4 members (excludes halogenated alkanes) is 1. The van der Waals surface area contributed by atoms with Crippen LogP contribution in [0.25, 0.3) is 0 Å². The van der Waals surface area contributed by atoms with Crippen LogP contribution in [0.1, 0.15) is 37.8 Å². The first kappa shape index (κ1) is 22.4. The van der Waals surface area contributed by atoms with E-state index in [1.165, 1.54) is 18.2 Å². The molecule has 0 unspecified atom stereocenters. The second-order valence-corrected chi connectivity index (χ2v) is 8.15. The molecule has 0 spiro atoms. The smallest absolute Gasteiger partial charge is 0.191 e. The average Bonchev–Trinajstić information content (AvgIpc) is 2.56. The van der Waals surface area contributed by atoms with Crippen molar-refractivity contribution in [2.24, 2.45) is 4.99 Å². The molecule has 0 saturated heterocycles. The maximum absolute atomic E-state index is 13.6. The highest BCUT2D eigenvalue weighted by atomic mass is 32.2. The minimum Gasteiger partial charge on any atom is -0.382 e. The molecule has 0 saturated carbocycles. The Balaban J connectivity index is 2.71. The zero-order chi connectivity index (χ0) is 19.4. The second kappa shape index (κ2) is 11.9. The highest BCUT2D eigenvalue weighted by Gasteiger charge is 2.10. The molecular formula is C18H30FN3O3S. The van der Waals surface area contributed by atoms with E-state index in [-0.39, 0.29) is 12.3 Å². The van der Waals surface area contributed by atoms with E-state index in [1.807, 2.05) is 13.8 Å². The average molecular weight is 388 g/mol. The van der Waals surface area contributed by atoms with Crippen molar-refractivity contribution in [2.75, 3.05) is 32.6 Å². The summed E-state index contributed by atoms with van der Waals surface area (Å²) in [5, 5.41) is 6.35. The van der Waals surface area contributed by atoms with Gasteiger partial charge in [-0.15, -0.1) is 0 Å². The van der Waals surface area contributed by atoms with Gasteiger partial charge in [-0.2, -0.15) is 0 Å². The summed E-state index contributed by atoms with van der Waals surface area (Å²) in [6, 6.07) is 4.13. The zero-order valence-corrected chi connectivity index (χ0v) is 16.7. The van der Waals surface area contributed by atoms with Gasteiger partial charge in [0.15, 0.2) is 15.8 Å². The van der Waals surface area contributed by atoms with Gasteiger partial charge in [0.25, 0.3) is 0 Å². The Kier molecular flexibility index (Phi) is 10.2. The van der Waals surface area contributed by atoms with Crippen molar-refractivity contribution in [2.45, 2.75) is 39.0 Å². The maximum atomic E-state index is 13.6. The lowest BCUT2D eigenvalue weighted by molar-refractivity contribution is 0.143. The minimum atomic E-state index is -3.20. The Morgan fingerprint density at radius 2 is 1.96 bits per heavy atom. The van der Waals surface area contributed by atoms with Crippen LogP contribution in [0.15, 0.2) is 23.2 Å². The molecule has 0 aliphatic carbocycles. The topological polar surface area (TPSA) is 79.8 Å². The molecule has 8 heteroatoms. The molecule has 0 radical (unpaired) electrons. The van der Waals surface area contributed by atoms with E-state index in [0.29, 0.717) is 23.6 Å². The second-order valence-electron chi connectivity index (χ2n) is 6.01. The predicted molar refractivity (Wildman–Crippen MR) is 103 cm³/mol. The van der Waals surface area contributed by atoms with Gasteiger partial charge >= 0.3 is 0 Å². The van der Waals surface area contributed by atoms with Gasteiger partial charge in [0.2, 0.25) is 0 Å². The summed E-state index contributed by atoms with van der Waals surface area (Å²) >= 11 is 0. The number of sulfone groups is 1. The number of rotatable bonds is 11. The summed E-state index contributed by atoms with van der Waals surface area (Å²) < 4.78 is 42.0. The first-order valence-electron chi connectivity index (χ1n) is 8.90. The van der Waals surface area contributed by atoms with Gasteiger partial charge in [-0.3, -0.25) is 0 Å². The van der Waals surface area contributed by atoms with Crippen molar-refractivity contribution >= 4 is 15.8 Å². The number of aliphatic imine (C=N–C) groups is 1. The third kappa shape index (κ3) is 9.72. The Bertz CT molecular complexity index is 678. The van der Waals surface area contributed by atoms with Gasteiger partial charge in [-0.05, 0) is 49.9 Å². The molecule has 0 fully saturated rings. The van der Waals surface area contributed by atoms with Crippen LogP contribution in [-0.2, 0) is 26.9 Å². The molecule has 0 bridgehead atoms. The van der Waals surface area contributed by atoms with E-state index in [9.17, 15) is 12.8 Å². The highest BCUT2D eigenvalue weighted by Crippen LogP contribution is 2.15. The van der Waals surface area contributed by atoms with Gasteiger partial charge in [-0.1, -0.05) is 6.07 Å². The first-order chi connectivity index (χ1) is 12.4. The predicted octanol–water partition coefficient (Wildman–Crippen LogP) is 2.24. The molecule has 6 nitrogen and oxygen atoms in total. The first-order valence-corrected chi connectivity index (χ1v) is 11.0. The van der Waals surface area contributed by atoms with Crippen molar-refractivity contribution < 1.29 is 17.5 Å². The number of benzene rings is 1. The third-order valence-corrected chi connectivity index (χ3v) is 4.39. The van der Waals surface area contributed by atoms with E-state index >= 15 is 0 Å². The van der Waals surface area contributed by atoms with Crippen LogP contribution in [0.4, 0.5) is 4.39 Å². The van der Waals surface area contributed by atoms with Gasteiger partial charge in [0, 0.05) is 32.6 Å². The van der Waals surface area contributed by atoms with Crippen LogP contribution in [0, 0.1) is 5.82 Å². The zero-order valence-electron chi connectivity index (χ0n) is 15.8. The standard InChI is InChI=1S/C18H30FN3O3S/c1-4-20-18(21-10-6-7-11-25-5-2)22-13-16-12-17(19)9-8-15(16)14-26(3,23)24/h8-9,12H,4-7,10-11,13-14H2,1-3H3,(H2,20,21,22). The van der Waals surface area contributed by atoms with Gasteiger partial charge in [0.05, 0.1) is 12.3 Å². The number of nitrogens with zero attached hydrogens (tertiary/aromatic N) is 1. The van der Waals surface area contributed by atoms with E-state index in [4.69, 9.17) is 4.74 Å². The maximum Gasteiger partial charge on any atom is 0.191 e. The number of ether oxygens (including phenoxy) is 1. The van der Waals surface area contributed by atoms with Crippen LogP contribution < -0.4 is 10.6 Å². The molecule has 0 aromatic heterocycles. The lowest BCUT2D eigenvalue weighted by Gasteiger charge is -2.12. The van der Waals surface area contributed by atoms with Crippen LogP contribution in [0.2, 0.25) is 0 Å². The monoisotopic (exact) mass is 387 g/mol. The Hall–Kier alpha value is -1.67. The summed E-state index contributed by atoms with van der Waals surface area (Å²) in [5.74, 6) is 0.0966. The number of guanidine groups is 1. The quantitative estimate of drug-likeness (QED) is 0.346. The lowest BCUT2D eigenvalue weighted by atomic mass is 10.1. The van der Waals surface area contributed by atoms with E-state index in [0.717, 1.165) is 38.9 Å². The van der Waals surface area contributed by atoms with E-state index in [1.54, 1.807) is 0 Å². The lowest BCUT2D eigenvalue weighted by Crippen LogP contribution is -2.37. The number of hydrogen-bond acceptors (Lipinski definition) is 4. The van der Waals surface area contributed by atoms with E-state index in [2.05, 4.69) is 15.6 Å². The Labute approximate surface area is 156 Å². The van der Waals surface area contributed by atoms with E-state index < -0.39 is 15.7 Å². The van der Waals surface area contributed by atoms with Crippen LogP contribution in [-0.4, -0.2) is 46.9 Å². The normalized spacial score (nSPS) is 12.2. The molecule has 1 rings (SSSR count). The SMILES string of the molecule is CCNC(=NCc1cc(F)ccc1CS(C)(=O)=O)NCCCCOCC. The molecule has 0 amide bonds. The number of halogens is 1. The third-order valence-electron chi connectivity index (χ3n) is 3.55. The molecular weight excluding hydrogens is 357 g/mol. The molecule has 1 aromatic carbocycles. The molecule has 0 aliphatic rings. The number of nitrogens with one attached hydrogen (secondary N) is 2. The summed E-state index contributed by atoms with van der Waals surface area (Å²) in [6.45, 7) is 7.05. The molecule has 148 valence electrons. The van der Waals surface area contributed by atoms with Crippen molar-refractivity contribution in [3.63, 3.8) is 0 Å². The van der Waals surface area contributed by atoms with Gasteiger partial charge in [-0.25, -0.2) is 17.8 Å². The summed E-state index contributed by atoms with van der Waals surface area (Å²) in [5.41, 5.74) is 1.15. The Morgan fingerprint density at radius 3 is 2.62 bits per heavy atom. The Morgan fingerprint density at radius 1 is 1.19 bits per heavy atom. The molecule has 0 aliphatic heterocycles. The van der Waals surface area contributed by atoms with Crippen LogP contribution >= 0.6 is 0 Å². The minimum absolute atomic E-state index is 0.125. The fourth-order valence-electron chi connectivity index (χ4n) is 2.35. The molecule has 2 N–H and O–H groups in total. The molecule has 1 aromatic rings. The van der Waals surface area contributed by atoms with Crippen LogP contribution in [0.3, 0.4) is 0 Å². The molecule has 0 heterocycles. The van der Waals surface area contributed by atoms with Crippen LogP contribution in [0.5, 0.6) is 0 Å². The fraction of sp³-hybridized carbons (Fsp3) is 0.611. The summed E-state index contributed by atoms with van der Waals surface area (Å²) in [6.07, 6.45) is 3.07. The van der Waals surface area contributed by atoms with Gasteiger partial charge in [0.1, 0.15) is 5.82 Å². The summed E-state index contributed by atoms with van der Waals surface area (Å²) in [7, 11) is -3.20. The van der Waals surface area contributed by atoms with Crippen molar-refractivity contribution in [3.8, 4) is 0 Å². The largest absolute Gasteiger partial charge is 0.382 e. The van der Waals surface area contributed by atoms with Crippen molar-refractivity contribution in [1.29, 1.82) is 0 Å². The molecule has 0 atom stereocenters.